The molecule has 0 saturated carbocycles. The minimum absolute atomic E-state index is 0.148. The first-order valence-electron chi connectivity index (χ1n) is 3.39. The van der Waals surface area contributed by atoms with Crippen LogP contribution in [0.15, 0.2) is 38.4 Å². The zero-order chi connectivity index (χ0) is 9.31. The number of hydrogen-bond donors (Lipinski definition) is 0. The summed E-state index contributed by atoms with van der Waals surface area (Å²) in [6, 6.07) is 3.20. The van der Waals surface area contributed by atoms with Gasteiger partial charge in [-0.15, -0.1) is 0 Å². The summed E-state index contributed by atoms with van der Waals surface area (Å²) in [6.45, 7) is 0. The molecule has 6 heteroatoms. The maximum Gasteiger partial charge on any atom is 0.289 e. The van der Waals surface area contributed by atoms with Crippen molar-refractivity contribution in [1.29, 1.82) is 0 Å². The first-order chi connectivity index (χ1) is 6.16. The molecule has 2 rings (SSSR count). The van der Waals surface area contributed by atoms with Gasteiger partial charge in [0.2, 0.25) is 0 Å². The molecule has 0 unspecified atom stereocenters. The van der Waals surface area contributed by atoms with Crippen LogP contribution in [0.1, 0.15) is 0 Å². The quantitative estimate of drug-likeness (QED) is 0.710. The second-order valence-electron chi connectivity index (χ2n) is 2.30. The number of ether oxygens (including phenoxy) is 1. The Balaban J connectivity index is 2.19. The lowest BCUT2D eigenvalue weighted by molar-refractivity contribution is 0.333. The molecule has 0 spiro atoms. The summed E-state index contributed by atoms with van der Waals surface area (Å²) < 4.78 is 34.6. The molecule has 5 nitrogen and oxygen atoms in total. The van der Waals surface area contributed by atoms with Gasteiger partial charge in [-0.05, 0) is 6.07 Å². The SMILES string of the molecule is O=S1(=O)C=C(Oc2ccco2)C=N1. The van der Waals surface area contributed by atoms with Crippen molar-refractivity contribution >= 4 is 16.2 Å². The van der Waals surface area contributed by atoms with Crippen LogP contribution >= 0.6 is 0 Å². The third kappa shape index (κ3) is 1.78. The van der Waals surface area contributed by atoms with Crippen molar-refractivity contribution in [1.82, 2.24) is 0 Å². The molecule has 68 valence electrons. The Kier molecular flexibility index (Phi) is 1.70. The van der Waals surface area contributed by atoms with Crippen LogP contribution in [-0.4, -0.2) is 14.6 Å². The van der Waals surface area contributed by atoms with Crippen LogP contribution in [0.3, 0.4) is 0 Å². The fraction of sp³-hybridized carbons (Fsp3) is 0. The summed E-state index contributed by atoms with van der Waals surface area (Å²) in [6.07, 6.45) is 2.55. The topological polar surface area (TPSA) is 68.9 Å². The Morgan fingerprint density at radius 2 is 2.31 bits per heavy atom. The molecule has 0 fully saturated rings. The van der Waals surface area contributed by atoms with E-state index in [0.717, 1.165) is 11.6 Å². The maximum atomic E-state index is 10.8. The summed E-state index contributed by atoms with van der Waals surface area (Å²) in [5.41, 5.74) is 0. The Morgan fingerprint density at radius 1 is 1.46 bits per heavy atom. The van der Waals surface area contributed by atoms with E-state index in [1.54, 1.807) is 12.1 Å². The van der Waals surface area contributed by atoms with Crippen molar-refractivity contribution in [2.45, 2.75) is 0 Å². The first-order valence-corrected chi connectivity index (χ1v) is 4.89. The molecule has 13 heavy (non-hydrogen) atoms. The number of furan rings is 1. The minimum Gasteiger partial charge on any atom is -0.434 e. The second kappa shape index (κ2) is 2.74. The van der Waals surface area contributed by atoms with Gasteiger partial charge in [0, 0.05) is 6.07 Å². The molecule has 0 amide bonds. The van der Waals surface area contributed by atoms with Gasteiger partial charge in [0.05, 0.1) is 17.9 Å². The maximum absolute atomic E-state index is 10.8. The van der Waals surface area contributed by atoms with E-state index in [9.17, 15) is 8.42 Å². The molecule has 0 atom stereocenters. The third-order valence-corrected chi connectivity index (χ3v) is 2.23. The molecular weight excluding hydrogens is 194 g/mol. The molecule has 2 heterocycles. The minimum atomic E-state index is -3.46. The lowest BCUT2D eigenvalue weighted by Gasteiger charge is -1.95. The highest BCUT2D eigenvalue weighted by Gasteiger charge is 2.14. The van der Waals surface area contributed by atoms with Gasteiger partial charge < -0.3 is 9.15 Å². The molecule has 0 radical (unpaired) electrons. The van der Waals surface area contributed by atoms with Gasteiger partial charge in [-0.25, -0.2) is 0 Å². The van der Waals surface area contributed by atoms with E-state index in [4.69, 9.17) is 9.15 Å². The summed E-state index contributed by atoms with van der Waals surface area (Å²) in [5.74, 6) is 0.379. The van der Waals surface area contributed by atoms with E-state index in [2.05, 4.69) is 4.40 Å². The average molecular weight is 199 g/mol. The van der Waals surface area contributed by atoms with Gasteiger partial charge in [-0.3, -0.25) is 0 Å². The van der Waals surface area contributed by atoms with Crippen LogP contribution in [0.5, 0.6) is 5.95 Å². The third-order valence-electron chi connectivity index (χ3n) is 1.31. The van der Waals surface area contributed by atoms with Crippen molar-refractivity contribution in [3.05, 3.63) is 29.6 Å². The van der Waals surface area contributed by atoms with Gasteiger partial charge in [-0.2, -0.15) is 12.8 Å². The summed E-state index contributed by atoms with van der Waals surface area (Å²) >= 11 is 0. The smallest absolute Gasteiger partial charge is 0.289 e. The predicted octanol–water partition coefficient (Wildman–Crippen LogP) is 0.914. The largest absolute Gasteiger partial charge is 0.434 e. The lowest BCUT2D eigenvalue weighted by Crippen LogP contribution is -1.92. The summed E-state index contributed by atoms with van der Waals surface area (Å²) in [7, 11) is -3.46. The number of allylic oxidation sites excluding steroid dienone is 1. The zero-order valence-corrected chi connectivity index (χ0v) is 7.19. The van der Waals surface area contributed by atoms with Gasteiger partial charge in [0.25, 0.3) is 16.0 Å². The van der Waals surface area contributed by atoms with Crippen molar-refractivity contribution in [3.63, 3.8) is 0 Å². The van der Waals surface area contributed by atoms with Crippen molar-refractivity contribution in [2.24, 2.45) is 4.40 Å². The van der Waals surface area contributed by atoms with E-state index in [1.807, 2.05) is 0 Å². The number of sulfonamides is 1. The zero-order valence-electron chi connectivity index (χ0n) is 6.38. The predicted molar refractivity (Wildman–Crippen MR) is 44.8 cm³/mol. The molecule has 0 N–H and O–H groups in total. The van der Waals surface area contributed by atoms with Crippen molar-refractivity contribution in [3.8, 4) is 5.95 Å². The Hall–Kier alpha value is -1.56. The van der Waals surface area contributed by atoms with E-state index in [0.29, 0.717) is 0 Å². The van der Waals surface area contributed by atoms with Gasteiger partial charge in [0.1, 0.15) is 0 Å². The fourth-order valence-corrected chi connectivity index (χ4v) is 1.54. The van der Waals surface area contributed by atoms with E-state index in [-0.39, 0.29) is 11.7 Å². The van der Waals surface area contributed by atoms with Crippen LogP contribution in [0.25, 0.3) is 0 Å². The molecule has 0 aromatic carbocycles. The van der Waals surface area contributed by atoms with Gasteiger partial charge in [-0.1, -0.05) is 0 Å². The monoisotopic (exact) mass is 199 g/mol. The van der Waals surface area contributed by atoms with Crippen LogP contribution < -0.4 is 4.74 Å². The van der Waals surface area contributed by atoms with E-state index in [1.165, 1.54) is 6.26 Å². The van der Waals surface area contributed by atoms with Gasteiger partial charge in [0.15, 0.2) is 5.76 Å². The highest BCUT2D eigenvalue weighted by molar-refractivity contribution is 7.93. The molecule has 0 saturated heterocycles. The number of nitrogens with zero attached hydrogens (tertiary/aromatic N) is 1. The van der Waals surface area contributed by atoms with Crippen molar-refractivity contribution < 1.29 is 17.6 Å². The Bertz CT molecular complexity index is 455. The highest BCUT2D eigenvalue weighted by atomic mass is 32.2. The van der Waals surface area contributed by atoms with Crippen LogP contribution in [0.4, 0.5) is 0 Å². The normalized spacial score (nSPS) is 18.6. The molecule has 1 aromatic heterocycles. The molecule has 1 aliphatic heterocycles. The Morgan fingerprint density at radius 3 is 2.85 bits per heavy atom. The van der Waals surface area contributed by atoms with E-state index < -0.39 is 10.0 Å². The molecular formula is C7H5NO4S. The molecule has 1 aromatic rings. The van der Waals surface area contributed by atoms with Crippen LogP contribution in [-0.2, 0) is 10.0 Å². The van der Waals surface area contributed by atoms with Crippen molar-refractivity contribution in [2.75, 3.05) is 0 Å². The fourth-order valence-electron chi connectivity index (χ4n) is 0.821. The molecule has 0 aliphatic carbocycles. The summed E-state index contributed by atoms with van der Waals surface area (Å²) in [4.78, 5) is 0. The highest BCUT2D eigenvalue weighted by Crippen LogP contribution is 2.16. The molecule has 1 aliphatic rings. The first kappa shape index (κ1) is 8.06. The van der Waals surface area contributed by atoms with Crippen LogP contribution in [0.2, 0.25) is 0 Å². The molecule has 0 bridgehead atoms. The lowest BCUT2D eigenvalue weighted by atomic mass is 10.6. The average Bonchev–Trinajstić information content (AvgIpc) is 2.61. The Labute approximate surface area is 74.4 Å². The summed E-state index contributed by atoms with van der Waals surface area (Å²) in [5, 5.41) is 0.926. The second-order valence-corrected chi connectivity index (χ2v) is 3.78. The van der Waals surface area contributed by atoms with Gasteiger partial charge >= 0.3 is 0 Å². The number of rotatable bonds is 2. The van der Waals surface area contributed by atoms with E-state index >= 15 is 0 Å². The number of hydrogen-bond acceptors (Lipinski definition) is 4. The van der Waals surface area contributed by atoms with Crippen LogP contribution in [0, 0.1) is 0 Å². The standard InChI is InChI=1S/C7H5NO4S/c9-13(10)5-6(4-8-13)12-7-2-1-3-11-7/h1-5H.